The van der Waals surface area contributed by atoms with E-state index in [4.69, 9.17) is 0 Å². The van der Waals surface area contributed by atoms with E-state index in [9.17, 15) is 13.2 Å². The van der Waals surface area contributed by atoms with Crippen molar-refractivity contribution < 1.29 is 13.2 Å². The Morgan fingerprint density at radius 3 is 2.24 bits per heavy atom. The molecule has 2 aromatic rings. The fraction of sp³-hybridized carbons (Fsp3) is 0.435. The van der Waals surface area contributed by atoms with Crippen LogP contribution in [0.15, 0.2) is 47.4 Å². The molecule has 3 rings (SSSR count). The molecule has 0 spiro atoms. The van der Waals surface area contributed by atoms with Gasteiger partial charge in [0.05, 0.1) is 10.9 Å². The van der Waals surface area contributed by atoms with Crippen LogP contribution in [0.4, 0.5) is 0 Å². The number of amides is 1. The van der Waals surface area contributed by atoms with Crippen molar-refractivity contribution in [3.8, 4) is 0 Å². The molecular weight excluding hydrogens is 384 g/mol. The number of rotatable bonds is 7. The molecule has 6 heteroatoms. The number of fused-ring (bicyclic) bond motifs is 1. The van der Waals surface area contributed by atoms with Crippen LogP contribution in [0.25, 0.3) is 0 Å². The monoisotopic (exact) mass is 414 g/mol. The highest BCUT2D eigenvalue weighted by Gasteiger charge is 2.22. The molecule has 1 atom stereocenters. The lowest BCUT2D eigenvalue weighted by molar-refractivity contribution is 0.0939. The van der Waals surface area contributed by atoms with Crippen molar-refractivity contribution in [2.45, 2.75) is 57.4 Å². The molecule has 0 radical (unpaired) electrons. The minimum atomic E-state index is -3.47. The molecule has 0 bridgehead atoms. The zero-order valence-electron chi connectivity index (χ0n) is 17.4. The molecule has 0 aliphatic heterocycles. The SMILES string of the molecule is CCN(CC)S(=O)(=O)c1ccc(C(C)NC(=O)c2ccc3c(c2)CCCC3)cc1. The second-order valence-electron chi connectivity index (χ2n) is 7.54. The van der Waals surface area contributed by atoms with E-state index in [-0.39, 0.29) is 16.8 Å². The van der Waals surface area contributed by atoms with E-state index < -0.39 is 10.0 Å². The molecule has 1 N–H and O–H groups in total. The second kappa shape index (κ2) is 9.09. The minimum Gasteiger partial charge on any atom is -0.346 e. The topological polar surface area (TPSA) is 66.5 Å². The van der Waals surface area contributed by atoms with Gasteiger partial charge in [-0.05, 0) is 73.6 Å². The molecule has 29 heavy (non-hydrogen) atoms. The van der Waals surface area contributed by atoms with Gasteiger partial charge in [-0.15, -0.1) is 0 Å². The summed E-state index contributed by atoms with van der Waals surface area (Å²) in [5.41, 5.74) is 4.18. The number of nitrogens with zero attached hydrogens (tertiary/aromatic N) is 1. The Morgan fingerprint density at radius 2 is 1.62 bits per heavy atom. The van der Waals surface area contributed by atoms with Crippen LogP contribution in [-0.2, 0) is 22.9 Å². The van der Waals surface area contributed by atoms with Crippen molar-refractivity contribution in [1.29, 1.82) is 0 Å². The average Bonchev–Trinajstić information content (AvgIpc) is 2.74. The summed E-state index contributed by atoms with van der Waals surface area (Å²) in [6.07, 6.45) is 4.53. The maximum Gasteiger partial charge on any atom is 0.251 e. The van der Waals surface area contributed by atoms with E-state index in [1.165, 1.54) is 28.3 Å². The van der Waals surface area contributed by atoms with E-state index in [1.807, 2.05) is 32.9 Å². The Bertz CT molecular complexity index is 964. The first-order valence-electron chi connectivity index (χ1n) is 10.4. The lowest BCUT2D eigenvalue weighted by Gasteiger charge is -2.20. The van der Waals surface area contributed by atoms with Crippen molar-refractivity contribution in [2.24, 2.45) is 0 Å². The van der Waals surface area contributed by atoms with Gasteiger partial charge in [-0.25, -0.2) is 8.42 Å². The van der Waals surface area contributed by atoms with Crippen molar-refractivity contribution in [3.63, 3.8) is 0 Å². The highest BCUT2D eigenvalue weighted by molar-refractivity contribution is 7.89. The number of benzene rings is 2. The summed E-state index contributed by atoms with van der Waals surface area (Å²) in [6, 6.07) is 12.5. The third-order valence-corrected chi connectivity index (χ3v) is 7.75. The predicted octanol–water partition coefficient (Wildman–Crippen LogP) is 4.09. The van der Waals surface area contributed by atoms with Gasteiger partial charge < -0.3 is 5.32 Å². The third kappa shape index (κ3) is 4.70. The van der Waals surface area contributed by atoms with E-state index >= 15 is 0 Å². The van der Waals surface area contributed by atoms with Crippen molar-refractivity contribution >= 4 is 15.9 Å². The van der Waals surface area contributed by atoms with Gasteiger partial charge in [-0.2, -0.15) is 4.31 Å². The van der Waals surface area contributed by atoms with Gasteiger partial charge >= 0.3 is 0 Å². The Morgan fingerprint density at radius 1 is 1.00 bits per heavy atom. The van der Waals surface area contributed by atoms with Gasteiger partial charge in [0.25, 0.3) is 5.91 Å². The van der Waals surface area contributed by atoms with Crippen molar-refractivity contribution in [2.75, 3.05) is 13.1 Å². The third-order valence-electron chi connectivity index (χ3n) is 5.68. The Hall–Kier alpha value is -2.18. The molecule has 2 aromatic carbocycles. The lowest BCUT2D eigenvalue weighted by Crippen LogP contribution is -2.30. The zero-order chi connectivity index (χ0) is 21.0. The molecular formula is C23H30N2O3S. The number of aryl methyl sites for hydroxylation is 2. The largest absolute Gasteiger partial charge is 0.346 e. The van der Waals surface area contributed by atoms with E-state index in [2.05, 4.69) is 11.4 Å². The first kappa shape index (κ1) is 21.5. The first-order valence-corrected chi connectivity index (χ1v) is 11.8. The molecule has 1 unspecified atom stereocenters. The summed E-state index contributed by atoms with van der Waals surface area (Å²) < 4.78 is 26.7. The van der Waals surface area contributed by atoms with Gasteiger partial charge in [0.2, 0.25) is 10.0 Å². The number of carbonyl (C=O) groups excluding carboxylic acids is 1. The lowest BCUT2D eigenvalue weighted by atomic mass is 9.90. The number of nitrogens with one attached hydrogen (secondary N) is 1. The normalized spacial score (nSPS) is 15.0. The smallest absolute Gasteiger partial charge is 0.251 e. The maximum absolute atomic E-state index is 12.7. The molecule has 0 fully saturated rings. The van der Waals surface area contributed by atoms with Gasteiger partial charge in [0.15, 0.2) is 0 Å². The maximum atomic E-state index is 12.7. The molecule has 156 valence electrons. The van der Waals surface area contributed by atoms with E-state index in [1.54, 1.807) is 24.3 Å². The molecule has 5 nitrogen and oxygen atoms in total. The van der Waals surface area contributed by atoms with Crippen LogP contribution < -0.4 is 5.32 Å². The summed E-state index contributed by atoms with van der Waals surface area (Å²) in [4.78, 5) is 13.0. The van der Waals surface area contributed by atoms with Gasteiger partial charge in [-0.3, -0.25) is 4.79 Å². The molecule has 0 saturated heterocycles. The van der Waals surface area contributed by atoms with Crippen LogP contribution in [0, 0.1) is 0 Å². The van der Waals surface area contributed by atoms with Crippen LogP contribution in [0.2, 0.25) is 0 Å². The van der Waals surface area contributed by atoms with Crippen molar-refractivity contribution in [1.82, 2.24) is 9.62 Å². The standard InChI is InChI=1S/C23H30N2O3S/c1-4-25(5-2)29(27,28)22-14-12-18(13-15-22)17(3)24-23(26)21-11-10-19-8-6-7-9-20(19)16-21/h10-17H,4-9H2,1-3H3,(H,24,26). The molecule has 1 aliphatic rings. The zero-order valence-corrected chi connectivity index (χ0v) is 18.3. The summed E-state index contributed by atoms with van der Waals surface area (Å²) in [7, 11) is -3.47. The molecule has 0 heterocycles. The number of hydrogen-bond donors (Lipinski definition) is 1. The molecule has 1 amide bonds. The molecule has 0 saturated carbocycles. The Labute approximate surface area is 174 Å². The fourth-order valence-electron chi connectivity index (χ4n) is 3.88. The Balaban J connectivity index is 1.71. The van der Waals surface area contributed by atoms with Crippen LogP contribution in [0.5, 0.6) is 0 Å². The summed E-state index contributed by atoms with van der Waals surface area (Å²) in [5.74, 6) is -0.106. The van der Waals surface area contributed by atoms with Crippen LogP contribution >= 0.6 is 0 Å². The van der Waals surface area contributed by atoms with Crippen LogP contribution in [-0.4, -0.2) is 31.7 Å². The summed E-state index contributed by atoms with van der Waals surface area (Å²) in [5, 5.41) is 3.02. The quantitative estimate of drug-likeness (QED) is 0.742. The number of sulfonamides is 1. The summed E-state index contributed by atoms with van der Waals surface area (Å²) >= 11 is 0. The number of hydrogen-bond acceptors (Lipinski definition) is 3. The highest BCUT2D eigenvalue weighted by atomic mass is 32.2. The van der Waals surface area contributed by atoms with Gasteiger partial charge in [-0.1, -0.05) is 32.0 Å². The molecule has 1 aliphatic carbocycles. The predicted molar refractivity (Wildman–Crippen MR) is 116 cm³/mol. The second-order valence-corrected chi connectivity index (χ2v) is 9.48. The minimum absolute atomic E-state index is 0.106. The van der Waals surface area contributed by atoms with Gasteiger partial charge in [0.1, 0.15) is 0 Å². The molecule has 0 aromatic heterocycles. The van der Waals surface area contributed by atoms with E-state index in [0.717, 1.165) is 18.4 Å². The number of carbonyl (C=O) groups is 1. The van der Waals surface area contributed by atoms with Crippen molar-refractivity contribution in [3.05, 3.63) is 64.7 Å². The van der Waals surface area contributed by atoms with E-state index in [0.29, 0.717) is 18.7 Å². The Kier molecular flexibility index (Phi) is 6.75. The average molecular weight is 415 g/mol. The van der Waals surface area contributed by atoms with Gasteiger partial charge in [0, 0.05) is 18.7 Å². The fourth-order valence-corrected chi connectivity index (χ4v) is 5.34. The van der Waals surface area contributed by atoms with Crippen LogP contribution in [0.3, 0.4) is 0 Å². The summed E-state index contributed by atoms with van der Waals surface area (Å²) in [6.45, 7) is 6.44. The van der Waals surface area contributed by atoms with Crippen LogP contribution in [0.1, 0.15) is 66.7 Å². The first-order chi connectivity index (χ1) is 13.9. The highest BCUT2D eigenvalue weighted by Crippen LogP contribution is 2.23.